The summed E-state index contributed by atoms with van der Waals surface area (Å²) in [5.41, 5.74) is 15.8. The quantitative estimate of drug-likeness (QED) is 0.744. The summed E-state index contributed by atoms with van der Waals surface area (Å²) in [4.78, 5) is 15.5. The summed E-state index contributed by atoms with van der Waals surface area (Å²) in [5, 5.41) is 0.519. The maximum Gasteiger partial charge on any atom is 0.251 e. The summed E-state index contributed by atoms with van der Waals surface area (Å²) in [7, 11) is 2.14. The number of nitrogens with two attached hydrogens (primary N) is 2. The van der Waals surface area contributed by atoms with Gasteiger partial charge in [0.25, 0.3) is 5.91 Å². The van der Waals surface area contributed by atoms with Crippen molar-refractivity contribution in [2.24, 2.45) is 5.73 Å². The van der Waals surface area contributed by atoms with Gasteiger partial charge in [0.05, 0.1) is 16.6 Å². The number of hydrogen-bond acceptors (Lipinski definition) is 4. The van der Waals surface area contributed by atoms with Gasteiger partial charge < -0.3 is 11.5 Å². The molecule has 2 aromatic carbocycles. The number of nitrogens with zero attached hydrogens (tertiary/aromatic N) is 1. The Morgan fingerprint density at radius 1 is 1.04 bits per heavy atom. The molecule has 0 radical (unpaired) electrons. The molecule has 5 heteroatoms. The average Bonchev–Trinajstić information content (AvgIpc) is 2.98. The van der Waals surface area contributed by atoms with Crippen molar-refractivity contribution in [2.45, 2.75) is 18.5 Å². The Balaban J connectivity index is 1.91. The van der Waals surface area contributed by atoms with Gasteiger partial charge in [-0.25, -0.2) is 0 Å². The summed E-state index contributed by atoms with van der Waals surface area (Å²) in [6.45, 7) is 0. The van der Waals surface area contributed by atoms with Crippen LogP contribution in [-0.4, -0.2) is 17.9 Å². The largest absolute Gasteiger partial charge is 0.390 e. The lowest BCUT2D eigenvalue weighted by Gasteiger charge is -2.40. The fourth-order valence-corrected chi connectivity index (χ4v) is 5.23. The molecular weight excluding hydrogens is 342 g/mol. The molecule has 0 saturated carbocycles. The number of amides is 1. The van der Waals surface area contributed by atoms with Gasteiger partial charge in [-0.1, -0.05) is 60.7 Å². The number of anilines is 1. The Morgan fingerprint density at radius 3 is 2.19 bits per heavy atom. The van der Waals surface area contributed by atoms with E-state index in [0.29, 0.717) is 10.6 Å². The summed E-state index contributed by atoms with van der Waals surface area (Å²) in [6.07, 6.45) is 0.727. The van der Waals surface area contributed by atoms with Gasteiger partial charge in [0.15, 0.2) is 0 Å². The Labute approximate surface area is 157 Å². The molecule has 0 aliphatic carbocycles. The van der Waals surface area contributed by atoms with Gasteiger partial charge in [0.2, 0.25) is 0 Å². The van der Waals surface area contributed by atoms with Crippen molar-refractivity contribution in [2.75, 3.05) is 12.8 Å². The normalized spacial score (nSPS) is 19.9. The molecule has 1 aliphatic heterocycles. The fraction of sp³-hybridized carbons (Fsp3) is 0.190. The molecule has 0 bridgehead atoms. The average molecular weight is 363 g/mol. The summed E-state index contributed by atoms with van der Waals surface area (Å²) < 4.78 is 0. The third kappa shape index (κ3) is 2.69. The topological polar surface area (TPSA) is 72.3 Å². The Morgan fingerprint density at radius 2 is 1.62 bits per heavy atom. The van der Waals surface area contributed by atoms with Crippen molar-refractivity contribution in [1.82, 2.24) is 4.90 Å². The number of thiophene rings is 1. The highest BCUT2D eigenvalue weighted by Crippen LogP contribution is 2.48. The number of hydrogen-bond donors (Lipinski definition) is 2. The van der Waals surface area contributed by atoms with E-state index < -0.39 is 5.91 Å². The molecule has 3 aromatic rings. The number of rotatable bonds is 3. The molecular formula is C21H21N3OS. The van der Waals surface area contributed by atoms with Crippen molar-refractivity contribution in [3.05, 3.63) is 87.8 Å². The van der Waals surface area contributed by atoms with Crippen LogP contribution in [0.5, 0.6) is 0 Å². The first-order valence-corrected chi connectivity index (χ1v) is 9.42. The minimum Gasteiger partial charge on any atom is -0.390 e. The maximum atomic E-state index is 12.1. The standard InChI is InChI=1S/C21H21N3OS/c1-24-16(13-8-4-2-5-9-13)12-15-17(20(22)25)21(23)26-19(15)18(24)14-10-6-3-7-11-14/h2-11,16,18H,12,23H2,1H3,(H2,22,25). The van der Waals surface area contributed by atoms with E-state index in [9.17, 15) is 4.79 Å². The number of primary amides is 1. The van der Waals surface area contributed by atoms with Gasteiger partial charge in [-0.2, -0.15) is 0 Å². The number of likely N-dealkylation sites (N-methyl/N-ethyl adjacent to an activating group) is 1. The van der Waals surface area contributed by atoms with Gasteiger partial charge in [0, 0.05) is 10.9 Å². The Bertz CT molecular complexity index is 937. The molecule has 26 heavy (non-hydrogen) atoms. The lowest BCUT2D eigenvalue weighted by atomic mass is 9.86. The Kier molecular flexibility index (Phi) is 4.26. The lowest BCUT2D eigenvalue weighted by molar-refractivity contribution is 0.0998. The van der Waals surface area contributed by atoms with Crippen LogP contribution in [0.2, 0.25) is 0 Å². The summed E-state index contributed by atoms with van der Waals surface area (Å²) >= 11 is 1.48. The van der Waals surface area contributed by atoms with E-state index in [1.54, 1.807) is 0 Å². The van der Waals surface area contributed by atoms with Crippen molar-refractivity contribution in [1.29, 1.82) is 0 Å². The lowest BCUT2D eigenvalue weighted by Crippen LogP contribution is -2.36. The van der Waals surface area contributed by atoms with Crippen LogP contribution in [0.4, 0.5) is 5.00 Å². The van der Waals surface area contributed by atoms with Crippen molar-refractivity contribution in [3.8, 4) is 0 Å². The van der Waals surface area contributed by atoms with Crippen LogP contribution in [-0.2, 0) is 6.42 Å². The first-order chi connectivity index (χ1) is 12.6. The van der Waals surface area contributed by atoms with E-state index in [1.165, 1.54) is 22.5 Å². The Hall–Kier alpha value is -2.63. The smallest absolute Gasteiger partial charge is 0.251 e. The van der Waals surface area contributed by atoms with Crippen LogP contribution in [0.15, 0.2) is 60.7 Å². The predicted molar refractivity (Wildman–Crippen MR) is 106 cm³/mol. The molecule has 2 unspecified atom stereocenters. The molecule has 0 fully saturated rings. The zero-order valence-electron chi connectivity index (χ0n) is 14.6. The van der Waals surface area contributed by atoms with Gasteiger partial charge >= 0.3 is 0 Å². The molecule has 2 atom stereocenters. The highest BCUT2D eigenvalue weighted by Gasteiger charge is 2.38. The highest BCUT2D eigenvalue weighted by molar-refractivity contribution is 7.16. The van der Waals surface area contributed by atoms with Crippen LogP contribution in [0.3, 0.4) is 0 Å². The monoisotopic (exact) mass is 363 g/mol. The van der Waals surface area contributed by atoms with E-state index in [4.69, 9.17) is 11.5 Å². The zero-order valence-corrected chi connectivity index (χ0v) is 15.4. The maximum absolute atomic E-state index is 12.1. The third-order valence-electron chi connectivity index (χ3n) is 5.16. The molecule has 0 saturated heterocycles. The van der Waals surface area contributed by atoms with E-state index >= 15 is 0 Å². The second-order valence-corrected chi connectivity index (χ2v) is 7.74. The minimum absolute atomic E-state index is 0.0468. The van der Waals surface area contributed by atoms with Gasteiger partial charge in [-0.3, -0.25) is 9.69 Å². The summed E-state index contributed by atoms with van der Waals surface area (Å²) in [5.74, 6) is -0.442. The van der Waals surface area contributed by atoms with Crippen LogP contribution >= 0.6 is 11.3 Å². The molecule has 4 nitrogen and oxygen atoms in total. The minimum atomic E-state index is -0.442. The molecule has 1 aliphatic rings. The fourth-order valence-electron chi connectivity index (χ4n) is 3.95. The number of carbonyl (C=O) groups is 1. The molecule has 132 valence electrons. The van der Waals surface area contributed by atoms with Gasteiger partial charge in [-0.05, 0) is 30.2 Å². The second kappa shape index (κ2) is 6.59. The molecule has 4 rings (SSSR count). The van der Waals surface area contributed by atoms with Crippen molar-refractivity contribution >= 4 is 22.2 Å². The SMILES string of the molecule is CN1C(c2ccccc2)Cc2c(sc(N)c2C(N)=O)C1c1ccccc1. The van der Waals surface area contributed by atoms with Crippen LogP contribution in [0, 0.1) is 0 Å². The second-order valence-electron chi connectivity index (χ2n) is 6.66. The third-order valence-corrected chi connectivity index (χ3v) is 6.27. The van der Waals surface area contributed by atoms with Gasteiger partial charge in [0.1, 0.15) is 0 Å². The van der Waals surface area contributed by atoms with Crippen LogP contribution < -0.4 is 11.5 Å². The van der Waals surface area contributed by atoms with E-state index in [0.717, 1.165) is 16.9 Å². The predicted octanol–water partition coefficient (Wildman–Crippen LogP) is 3.75. The van der Waals surface area contributed by atoms with E-state index in [2.05, 4.69) is 36.2 Å². The number of benzene rings is 2. The first kappa shape index (κ1) is 16.8. The zero-order chi connectivity index (χ0) is 18.3. The molecule has 2 heterocycles. The number of fused-ring (bicyclic) bond motifs is 1. The summed E-state index contributed by atoms with van der Waals surface area (Å²) in [6, 6.07) is 20.9. The van der Waals surface area contributed by atoms with Crippen LogP contribution in [0.1, 0.15) is 44.0 Å². The van der Waals surface area contributed by atoms with Crippen molar-refractivity contribution < 1.29 is 4.79 Å². The van der Waals surface area contributed by atoms with Gasteiger partial charge in [-0.15, -0.1) is 11.3 Å². The van der Waals surface area contributed by atoms with Crippen LogP contribution in [0.25, 0.3) is 0 Å². The van der Waals surface area contributed by atoms with E-state index in [-0.39, 0.29) is 12.1 Å². The number of carbonyl (C=O) groups excluding carboxylic acids is 1. The molecule has 0 spiro atoms. The molecule has 1 amide bonds. The van der Waals surface area contributed by atoms with E-state index in [1.807, 2.05) is 36.4 Å². The molecule has 1 aromatic heterocycles. The van der Waals surface area contributed by atoms with Crippen molar-refractivity contribution in [3.63, 3.8) is 0 Å². The number of nitrogen functional groups attached to an aromatic ring is 1. The molecule has 4 N–H and O–H groups in total. The first-order valence-electron chi connectivity index (χ1n) is 8.60. The highest BCUT2D eigenvalue weighted by atomic mass is 32.1.